The van der Waals surface area contributed by atoms with Crippen LogP contribution in [0.15, 0.2) is 28.8 Å². The molecule has 3 atom stereocenters. The SMILES string of the molecule is CC(C)C(CO)NCc1c(C(=O)NC2CCCC(O)C2)noc1-c1ccc(C(F)(F)F)cc1. The van der Waals surface area contributed by atoms with Crippen molar-refractivity contribution in [3.8, 4) is 11.3 Å². The molecule has 0 spiro atoms. The van der Waals surface area contributed by atoms with E-state index in [0.717, 1.165) is 25.0 Å². The molecule has 0 aliphatic heterocycles. The van der Waals surface area contributed by atoms with Gasteiger partial charge in [0, 0.05) is 29.8 Å². The molecule has 1 amide bonds. The Balaban J connectivity index is 1.89. The van der Waals surface area contributed by atoms with Crippen molar-refractivity contribution >= 4 is 5.91 Å². The molecule has 7 nitrogen and oxygen atoms in total. The van der Waals surface area contributed by atoms with Crippen molar-refractivity contribution in [3.63, 3.8) is 0 Å². The number of aromatic nitrogens is 1. The third-order valence-corrected chi connectivity index (χ3v) is 6.00. The highest BCUT2D eigenvalue weighted by molar-refractivity contribution is 5.95. The summed E-state index contributed by atoms with van der Waals surface area (Å²) < 4.78 is 44.3. The predicted octanol–water partition coefficient (Wildman–Crippen LogP) is 3.50. The van der Waals surface area contributed by atoms with Crippen LogP contribution in [0.3, 0.4) is 0 Å². The molecule has 1 aliphatic carbocycles. The van der Waals surface area contributed by atoms with Crippen LogP contribution in [-0.2, 0) is 12.7 Å². The van der Waals surface area contributed by atoms with Crippen LogP contribution in [0.5, 0.6) is 0 Å². The second-order valence-corrected chi connectivity index (χ2v) is 8.82. The van der Waals surface area contributed by atoms with Crippen molar-refractivity contribution in [1.29, 1.82) is 0 Å². The Morgan fingerprint density at radius 1 is 1.24 bits per heavy atom. The summed E-state index contributed by atoms with van der Waals surface area (Å²) in [5, 5.41) is 29.5. The molecule has 3 unspecified atom stereocenters. The number of benzene rings is 1. The van der Waals surface area contributed by atoms with Gasteiger partial charge in [-0.2, -0.15) is 13.2 Å². The van der Waals surface area contributed by atoms with E-state index in [4.69, 9.17) is 4.52 Å². The van der Waals surface area contributed by atoms with Crippen LogP contribution in [-0.4, -0.2) is 46.1 Å². The second-order valence-electron chi connectivity index (χ2n) is 8.82. The summed E-state index contributed by atoms with van der Waals surface area (Å²) >= 11 is 0. The molecule has 182 valence electrons. The largest absolute Gasteiger partial charge is 0.416 e. The van der Waals surface area contributed by atoms with Crippen molar-refractivity contribution in [3.05, 3.63) is 41.1 Å². The monoisotopic (exact) mass is 469 g/mol. The molecule has 1 aromatic heterocycles. The number of hydrogen-bond donors (Lipinski definition) is 4. The van der Waals surface area contributed by atoms with E-state index in [1.165, 1.54) is 12.1 Å². The van der Waals surface area contributed by atoms with Gasteiger partial charge in [0.25, 0.3) is 5.91 Å². The summed E-state index contributed by atoms with van der Waals surface area (Å²) in [6.45, 7) is 3.86. The van der Waals surface area contributed by atoms with Crippen LogP contribution in [0.4, 0.5) is 13.2 Å². The van der Waals surface area contributed by atoms with Gasteiger partial charge in [-0.25, -0.2) is 0 Å². The Morgan fingerprint density at radius 3 is 2.52 bits per heavy atom. The summed E-state index contributed by atoms with van der Waals surface area (Å²) in [4.78, 5) is 13.0. The number of halogens is 3. The molecule has 1 aliphatic rings. The lowest BCUT2D eigenvalue weighted by Crippen LogP contribution is -2.41. The molecule has 1 aromatic carbocycles. The van der Waals surface area contributed by atoms with Crippen molar-refractivity contribution in [2.75, 3.05) is 6.61 Å². The maximum absolute atomic E-state index is 13.0. The van der Waals surface area contributed by atoms with Gasteiger partial charge in [-0.05, 0) is 43.7 Å². The summed E-state index contributed by atoms with van der Waals surface area (Å²) in [7, 11) is 0. The van der Waals surface area contributed by atoms with E-state index in [-0.39, 0.29) is 42.6 Å². The third-order valence-electron chi connectivity index (χ3n) is 6.00. The van der Waals surface area contributed by atoms with Crippen molar-refractivity contribution in [2.24, 2.45) is 5.92 Å². The molecular weight excluding hydrogens is 439 g/mol. The van der Waals surface area contributed by atoms with Crippen molar-refractivity contribution < 1.29 is 32.7 Å². The number of alkyl halides is 3. The molecule has 1 fully saturated rings. The fraction of sp³-hybridized carbons (Fsp3) is 0.565. The quantitative estimate of drug-likeness (QED) is 0.472. The highest BCUT2D eigenvalue weighted by Crippen LogP contribution is 2.33. The number of amides is 1. The van der Waals surface area contributed by atoms with Crippen molar-refractivity contribution in [2.45, 2.75) is 70.4 Å². The van der Waals surface area contributed by atoms with Crippen LogP contribution < -0.4 is 10.6 Å². The standard InChI is InChI=1S/C23H30F3N3O4/c1-13(2)19(12-30)27-11-18-20(22(32)28-16-4-3-5-17(31)10-16)29-33-21(18)14-6-8-15(9-7-14)23(24,25)26/h6-9,13,16-17,19,27,30-31H,3-5,10-12H2,1-2H3,(H,28,32). The molecule has 2 aromatic rings. The zero-order valence-corrected chi connectivity index (χ0v) is 18.7. The lowest BCUT2D eigenvalue weighted by Gasteiger charge is -2.26. The molecular formula is C23H30F3N3O4. The number of carbonyl (C=O) groups is 1. The van der Waals surface area contributed by atoms with Gasteiger partial charge in [-0.3, -0.25) is 4.79 Å². The molecule has 3 rings (SSSR count). The lowest BCUT2D eigenvalue weighted by molar-refractivity contribution is -0.137. The average Bonchev–Trinajstić information content (AvgIpc) is 3.17. The number of hydrogen-bond acceptors (Lipinski definition) is 6. The number of nitrogens with zero attached hydrogens (tertiary/aromatic N) is 1. The van der Waals surface area contributed by atoms with Gasteiger partial charge in [0.05, 0.1) is 18.3 Å². The minimum Gasteiger partial charge on any atom is -0.395 e. The van der Waals surface area contributed by atoms with Crippen LogP contribution in [0.25, 0.3) is 11.3 Å². The molecule has 1 saturated carbocycles. The Kier molecular flexibility index (Phi) is 8.14. The smallest absolute Gasteiger partial charge is 0.395 e. The van der Waals surface area contributed by atoms with Gasteiger partial charge in [0.2, 0.25) is 0 Å². The van der Waals surface area contributed by atoms with Gasteiger partial charge >= 0.3 is 6.18 Å². The third kappa shape index (κ3) is 6.33. The van der Waals surface area contributed by atoms with Crippen LogP contribution in [0.1, 0.15) is 61.1 Å². The van der Waals surface area contributed by atoms with Gasteiger partial charge in [0.1, 0.15) is 0 Å². The highest BCUT2D eigenvalue weighted by atomic mass is 19.4. The molecule has 0 bridgehead atoms. The predicted molar refractivity (Wildman–Crippen MR) is 115 cm³/mol. The number of nitrogens with one attached hydrogen (secondary N) is 2. The van der Waals surface area contributed by atoms with E-state index in [1.807, 2.05) is 13.8 Å². The first kappa shape index (κ1) is 25.2. The Hall–Kier alpha value is -2.43. The van der Waals surface area contributed by atoms with Gasteiger partial charge in [-0.1, -0.05) is 31.1 Å². The minimum atomic E-state index is -4.47. The summed E-state index contributed by atoms with van der Waals surface area (Å²) in [5.41, 5.74) is -0.0235. The Morgan fingerprint density at radius 2 is 1.94 bits per heavy atom. The fourth-order valence-corrected chi connectivity index (χ4v) is 3.98. The molecule has 33 heavy (non-hydrogen) atoms. The van der Waals surface area contributed by atoms with E-state index >= 15 is 0 Å². The Labute approximate surface area is 190 Å². The van der Waals surface area contributed by atoms with Crippen LogP contribution >= 0.6 is 0 Å². The number of aliphatic hydroxyl groups is 2. The van der Waals surface area contributed by atoms with E-state index in [0.29, 0.717) is 24.0 Å². The summed E-state index contributed by atoms with van der Waals surface area (Å²) in [5.74, 6) is -0.186. The first-order valence-corrected chi connectivity index (χ1v) is 11.1. The second kappa shape index (κ2) is 10.7. The highest BCUT2D eigenvalue weighted by Gasteiger charge is 2.31. The molecule has 4 N–H and O–H groups in total. The molecule has 10 heteroatoms. The van der Waals surface area contributed by atoms with Crippen LogP contribution in [0.2, 0.25) is 0 Å². The topological polar surface area (TPSA) is 108 Å². The zero-order chi connectivity index (χ0) is 24.2. The molecule has 0 radical (unpaired) electrons. The number of aliphatic hydroxyl groups excluding tert-OH is 2. The lowest BCUT2D eigenvalue weighted by atomic mass is 9.93. The first-order chi connectivity index (χ1) is 15.6. The fourth-order valence-electron chi connectivity index (χ4n) is 3.98. The minimum absolute atomic E-state index is 0.0258. The Bertz CT molecular complexity index is 928. The van der Waals surface area contributed by atoms with Gasteiger partial charge in [0.15, 0.2) is 11.5 Å². The van der Waals surface area contributed by atoms with E-state index in [9.17, 15) is 28.2 Å². The van der Waals surface area contributed by atoms with Gasteiger partial charge in [-0.15, -0.1) is 0 Å². The van der Waals surface area contributed by atoms with Crippen LogP contribution in [0, 0.1) is 5.92 Å². The van der Waals surface area contributed by atoms with Gasteiger partial charge < -0.3 is 25.4 Å². The van der Waals surface area contributed by atoms with E-state index in [2.05, 4.69) is 15.8 Å². The number of carbonyl (C=O) groups excluding carboxylic acids is 1. The van der Waals surface area contributed by atoms with Crippen molar-refractivity contribution in [1.82, 2.24) is 15.8 Å². The normalized spacial score (nSPS) is 20.1. The molecule has 1 heterocycles. The maximum Gasteiger partial charge on any atom is 0.416 e. The van der Waals surface area contributed by atoms with E-state index in [1.54, 1.807) is 0 Å². The number of rotatable bonds is 8. The molecule has 0 saturated heterocycles. The maximum atomic E-state index is 13.0. The zero-order valence-electron chi connectivity index (χ0n) is 18.7. The average molecular weight is 470 g/mol. The summed E-state index contributed by atoms with van der Waals surface area (Å²) in [6.07, 6.45) is -2.26. The summed E-state index contributed by atoms with van der Waals surface area (Å²) in [6, 6.07) is 3.99. The van der Waals surface area contributed by atoms with E-state index < -0.39 is 23.8 Å². The first-order valence-electron chi connectivity index (χ1n) is 11.1.